The van der Waals surface area contributed by atoms with Crippen molar-refractivity contribution in [3.05, 3.63) is 35.4 Å². The van der Waals surface area contributed by atoms with Gasteiger partial charge in [-0.05, 0) is 39.8 Å². The molecule has 0 fully saturated rings. The van der Waals surface area contributed by atoms with Crippen molar-refractivity contribution in [1.29, 1.82) is 0 Å². The molecule has 1 N–H and O–H groups in total. The van der Waals surface area contributed by atoms with Crippen LogP contribution >= 0.6 is 0 Å². The van der Waals surface area contributed by atoms with Crippen LogP contribution in [-0.4, -0.2) is 24.7 Å². The quantitative estimate of drug-likeness (QED) is 0.899. The summed E-state index contributed by atoms with van der Waals surface area (Å²) < 4.78 is 3.75. The second-order valence-corrected chi connectivity index (χ2v) is 5.13. The van der Waals surface area contributed by atoms with Crippen molar-refractivity contribution in [2.45, 2.75) is 52.8 Å². The summed E-state index contributed by atoms with van der Waals surface area (Å²) in [5.41, 5.74) is 2.70. The molecule has 0 aliphatic carbocycles. The number of aryl methyl sites for hydroxylation is 2. The largest absolute Gasteiger partial charge is 0.386 e. The fraction of sp³-hybridized carbons (Fsp3) is 0.571. The molecule has 2 heterocycles. The summed E-state index contributed by atoms with van der Waals surface area (Å²) in [6, 6.07) is 4.24. The van der Waals surface area contributed by atoms with Crippen LogP contribution in [-0.2, 0) is 13.0 Å². The van der Waals surface area contributed by atoms with E-state index >= 15 is 0 Å². The molecule has 19 heavy (non-hydrogen) atoms. The van der Waals surface area contributed by atoms with E-state index in [4.69, 9.17) is 0 Å². The van der Waals surface area contributed by atoms with Crippen LogP contribution in [0.1, 0.15) is 50.0 Å². The maximum Gasteiger partial charge on any atom is 0.101 e. The third-order valence-electron chi connectivity index (χ3n) is 3.17. The van der Waals surface area contributed by atoms with Gasteiger partial charge in [-0.2, -0.15) is 10.2 Å². The van der Waals surface area contributed by atoms with E-state index in [-0.39, 0.29) is 0 Å². The minimum Gasteiger partial charge on any atom is -0.386 e. The smallest absolute Gasteiger partial charge is 0.101 e. The first kappa shape index (κ1) is 13.8. The summed E-state index contributed by atoms with van der Waals surface area (Å²) in [5.74, 6) is 0. The maximum atomic E-state index is 10.3. The molecule has 0 aromatic carbocycles. The van der Waals surface area contributed by atoms with E-state index in [0.717, 1.165) is 23.6 Å². The lowest BCUT2D eigenvalue weighted by molar-refractivity contribution is 0.165. The van der Waals surface area contributed by atoms with Crippen LogP contribution in [0.5, 0.6) is 0 Å². The molecule has 1 unspecified atom stereocenters. The third kappa shape index (κ3) is 3.04. The van der Waals surface area contributed by atoms with E-state index in [1.165, 1.54) is 0 Å². The molecule has 0 bridgehead atoms. The molecule has 2 rings (SSSR count). The highest BCUT2D eigenvalue weighted by atomic mass is 16.3. The van der Waals surface area contributed by atoms with Crippen LogP contribution < -0.4 is 0 Å². The Morgan fingerprint density at radius 1 is 1.32 bits per heavy atom. The van der Waals surface area contributed by atoms with Gasteiger partial charge in [0.1, 0.15) is 6.10 Å². The van der Waals surface area contributed by atoms with Crippen LogP contribution in [0, 0.1) is 6.92 Å². The standard InChI is InChI=1S/C14H22N4O/c1-5-17-13(8-11(4)15-17)14(19)9-12-6-7-18(16-12)10(2)3/h6-8,10,14,19H,5,9H2,1-4H3. The Kier molecular flexibility index (Phi) is 4.04. The van der Waals surface area contributed by atoms with Crippen LogP contribution in [0.2, 0.25) is 0 Å². The van der Waals surface area contributed by atoms with Crippen molar-refractivity contribution in [2.24, 2.45) is 0 Å². The molecule has 0 saturated carbocycles. The van der Waals surface area contributed by atoms with Gasteiger partial charge < -0.3 is 5.11 Å². The Balaban J connectivity index is 2.13. The number of hydrogen-bond acceptors (Lipinski definition) is 3. The second kappa shape index (κ2) is 5.57. The fourth-order valence-corrected chi connectivity index (χ4v) is 2.16. The van der Waals surface area contributed by atoms with Gasteiger partial charge >= 0.3 is 0 Å². The van der Waals surface area contributed by atoms with Gasteiger partial charge in [-0.25, -0.2) is 0 Å². The predicted molar refractivity (Wildman–Crippen MR) is 73.9 cm³/mol. The average molecular weight is 262 g/mol. The van der Waals surface area contributed by atoms with Crippen molar-refractivity contribution < 1.29 is 5.11 Å². The SMILES string of the molecule is CCn1nc(C)cc1C(O)Cc1ccn(C(C)C)n1. The highest BCUT2D eigenvalue weighted by Gasteiger charge is 2.16. The molecule has 2 aromatic heterocycles. The van der Waals surface area contributed by atoms with Gasteiger partial charge in [0.05, 0.1) is 17.1 Å². The second-order valence-electron chi connectivity index (χ2n) is 5.13. The monoisotopic (exact) mass is 262 g/mol. The van der Waals surface area contributed by atoms with E-state index in [2.05, 4.69) is 24.0 Å². The Morgan fingerprint density at radius 2 is 2.05 bits per heavy atom. The van der Waals surface area contributed by atoms with E-state index in [9.17, 15) is 5.11 Å². The van der Waals surface area contributed by atoms with Gasteiger partial charge in [-0.3, -0.25) is 9.36 Å². The lowest BCUT2D eigenvalue weighted by atomic mass is 10.1. The summed E-state index contributed by atoms with van der Waals surface area (Å²) in [7, 11) is 0. The number of hydrogen-bond donors (Lipinski definition) is 1. The van der Waals surface area contributed by atoms with Gasteiger partial charge in [-0.1, -0.05) is 0 Å². The highest BCUT2D eigenvalue weighted by Crippen LogP contribution is 2.19. The minimum absolute atomic E-state index is 0.342. The van der Waals surface area contributed by atoms with Crippen LogP contribution in [0.4, 0.5) is 0 Å². The maximum absolute atomic E-state index is 10.3. The predicted octanol–water partition coefficient (Wildman–Crippen LogP) is 2.26. The summed E-state index contributed by atoms with van der Waals surface area (Å²) in [6.45, 7) is 8.90. The summed E-state index contributed by atoms with van der Waals surface area (Å²) in [5, 5.41) is 19.2. The number of aliphatic hydroxyl groups excluding tert-OH is 1. The molecule has 0 aliphatic heterocycles. The molecule has 0 spiro atoms. The van der Waals surface area contributed by atoms with Crippen LogP contribution in [0.25, 0.3) is 0 Å². The first-order chi connectivity index (χ1) is 9.01. The van der Waals surface area contributed by atoms with E-state index in [0.29, 0.717) is 12.5 Å². The topological polar surface area (TPSA) is 55.9 Å². The number of rotatable bonds is 5. The molecule has 0 amide bonds. The average Bonchev–Trinajstić information content (AvgIpc) is 2.95. The van der Waals surface area contributed by atoms with E-state index in [1.807, 2.05) is 41.5 Å². The number of nitrogens with zero attached hydrogens (tertiary/aromatic N) is 4. The molecule has 0 aliphatic rings. The zero-order valence-corrected chi connectivity index (χ0v) is 12.0. The molecule has 2 aromatic rings. The van der Waals surface area contributed by atoms with Crippen molar-refractivity contribution in [3.8, 4) is 0 Å². The molecular formula is C14H22N4O. The summed E-state index contributed by atoms with van der Waals surface area (Å²) in [4.78, 5) is 0. The highest BCUT2D eigenvalue weighted by molar-refractivity contribution is 5.14. The van der Waals surface area contributed by atoms with Gasteiger partial charge in [0, 0.05) is 25.2 Å². The van der Waals surface area contributed by atoms with Crippen LogP contribution in [0.15, 0.2) is 18.3 Å². The molecule has 5 heteroatoms. The molecule has 0 saturated heterocycles. The van der Waals surface area contributed by atoms with Crippen LogP contribution in [0.3, 0.4) is 0 Å². The Labute approximate surface area is 113 Å². The molecular weight excluding hydrogens is 240 g/mol. The minimum atomic E-state index is -0.559. The normalized spacial score (nSPS) is 13.2. The van der Waals surface area contributed by atoms with Gasteiger partial charge in [0.25, 0.3) is 0 Å². The van der Waals surface area contributed by atoms with Crippen molar-refractivity contribution >= 4 is 0 Å². The van der Waals surface area contributed by atoms with E-state index in [1.54, 1.807) is 0 Å². The van der Waals surface area contributed by atoms with Crippen molar-refractivity contribution in [1.82, 2.24) is 19.6 Å². The third-order valence-corrected chi connectivity index (χ3v) is 3.17. The molecule has 0 radical (unpaired) electrons. The van der Waals surface area contributed by atoms with Gasteiger partial charge in [0.15, 0.2) is 0 Å². The fourth-order valence-electron chi connectivity index (χ4n) is 2.16. The summed E-state index contributed by atoms with van der Waals surface area (Å²) in [6.07, 6.45) is 1.91. The van der Waals surface area contributed by atoms with Crippen molar-refractivity contribution in [3.63, 3.8) is 0 Å². The zero-order chi connectivity index (χ0) is 14.0. The number of aromatic nitrogens is 4. The Hall–Kier alpha value is -1.62. The Bertz CT molecular complexity index is 541. The van der Waals surface area contributed by atoms with Gasteiger partial charge in [-0.15, -0.1) is 0 Å². The molecule has 104 valence electrons. The first-order valence-corrected chi connectivity index (χ1v) is 6.77. The van der Waals surface area contributed by atoms with E-state index < -0.39 is 6.10 Å². The summed E-state index contributed by atoms with van der Waals surface area (Å²) >= 11 is 0. The number of aliphatic hydroxyl groups is 1. The molecule has 1 atom stereocenters. The Morgan fingerprint density at radius 3 is 2.63 bits per heavy atom. The lowest BCUT2D eigenvalue weighted by Crippen LogP contribution is -2.11. The zero-order valence-electron chi connectivity index (χ0n) is 12.0. The first-order valence-electron chi connectivity index (χ1n) is 6.77. The van der Waals surface area contributed by atoms with Crippen molar-refractivity contribution in [2.75, 3.05) is 0 Å². The lowest BCUT2D eigenvalue weighted by Gasteiger charge is -2.11. The molecule has 5 nitrogen and oxygen atoms in total. The van der Waals surface area contributed by atoms with Gasteiger partial charge in [0.2, 0.25) is 0 Å².